The Morgan fingerprint density at radius 1 is 1.36 bits per heavy atom. The Balaban J connectivity index is 2.82. The number of aryl methyl sites for hydroxylation is 1. The zero-order valence-electron chi connectivity index (χ0n) is 9.62. The Bertz CT molecular complexity index is 287. The largest absolute Gasteiger partial charge is 0.328 e. The van der Waals surface area contributed by atoms with Crippen LogP contribution in [0.15, 0.2) is 6.20 Å². The summed E-state index contributed by atoms with van der Waals surface area (Å²) in [6.07, 6.45) is 3.98. The molecule has 0 fully saturated rings. The first-order chi connectivity index (χ1) is 6.50. The molecule has 1 aromatic heterocycles. The number of nitrogens with zero attached hydrogens (tertiary/aromatic N) is 2. The van der Waals surface area contributed by atoms with E-state index >= 15 is 0 Å². The maximum absolute atomic E-state index is 5.81. The van der Waals surface area contributed by atoms with E-state index < -0.39 is 0 Å². The predicted molar refractivity (Wildman–Crippen MR) is 59.1 cm³/mol. The fraction of sp³-hybridized carbons (Fsp3) is 0.727. The lowest BCUT2D eigenvalue weighted by molar-refractivity contribution is 0.617. The SMILES string of the molecule is CC(C)Cc1cnn(C)c1CC(C)N. The average Bonchev–Trinajstić information content (AvgIpc) is 2.34. The molecule has 0 aliphatic heterocycles. The van der Waals surface area contributed by atoms with Crippen LogP contribution in [0.1, 0.15) is 32.0 Å². The summed E-state index contributed by atoms with van der Waals surface area (Å²) < 4.78 is 1.95. The molecule has 0 aliphatic carbocycles. The molecule has 3 heteroatoms. The summed E-state index contributed by atoms with van der Waals surface area (Å²) in [5.74, 6) is 0.672. The molecule has 0 aromatic carbocycles. The van der Waals surface area contributed by atoms with Crippen LogP contribution in [0.25, 0.3) is 0 Å². The van der Waals surface area contributed by atoms with Crippen molar-refractivity contribution < 1.29 is 0 Å². The summed E-state index contributed by atoms with van der Waals surface area (Å²) in [5.41, 5.74) is 8.44. The first-order valence-corrected chi connectivity index (χ1v) is 5.26. The number of hydrogen-bond donors (Lipinski definition) is 1. The summed E-state index contributed by atoms with van der Waals surface area (Å²) in [5, 5.41) is 4.28. The van der Waals surface area contributed by atoms with Gasteiger partial charge in [-0.3, -0.25) is 4.68 Å². The quantitative estimate of drug-likeness (QED) is 0.791. The second-order valence-corrected chi connectivity index (χ2v) is 4.52. The topological polar surface area (TPSA) is 43.8 Å². The molecule has 3 nitrogen and oxygen atoms in total. The van der Waals surface area contributed by atoms with Gasteiger partial charge in [-0.2, -0.15) is 5.10 Å². The van der Waals surface area contributed by atoms with Gasteiger partial charge in [-0.05, 0) is 24.8 Å². The highest BCUT2D eigenvalue weighted by atomic mass is 15.3. The van der Waals surface area contributed by atoms with Crippen molar-refractivity contribution in [2.45, 2.75) is 39.7 Å². The first-order valence-electron chi connectivity index (χ1n) is 5.26. The van der Waals surface area contributed by atoms with E-state index in [9.17, 15) is 0 Å². The van der Waals surface area contributed by atoms with Crippen LogP contribution in [0.2, 0.25) is 0 Å². The molecule has 14 heavy (non-hydrogen) atoms. The fourth-order valence-electron chi connectivity index (χ4n) is 1.69. The molecule has 0 saturated carbocycles. The Hall–Kier alpha value is -0.830. The van der Waals surface area contributed by atoms with Gasteiger partial charge in [-0.1, -0.05) is 13.8 Å². The van der Waals surface area contributed by atoms with Gasteiger partial charge in [0.15, 0.2) is 0 Å². The van der Waals surface area contributed by atoms with Crippen molar-refractivity contribution in [1.82, 2.24) is 9.78 Å². The monoisotopic (exact) mass is 195 g/mol. The van der Waals surface area contributed by atoms with Gasteiger partial charge in [0, 0.05) is 25.2 Å². The average molecular weight is 195 g/mol. The van der Waals surface area contributed by atoms with Gasteiger partial charge in [0.05, 0.1) is 6.20 Å². The Morgan fingerprint density at radius 2 is 2.00 bits per heavy atom. The second-order valence-electron chi connectivity index (χ2n) is 4.52. The van der Waals surface area contributed by atoms with Crippen LogP contribution in [-0.2, 0) is 19.9 Å². The van der Waals surface area contributed by atoms with Crippen LogP contribution in [0.3, 0.4) is 0 Å². The molecule has 0 saturated heterocycles. The second kappa shape index (κ2) is 4.60. The van der Waals surface area contributed by atoms with Crippen LogP contribution in [0, 0.1) is 5.92 Å². The first kappa shape index (κ1) is 11.2. The van der Waals surface area contributed by atoms with Crippen LogP contribution >= 0.6 is 0 Å². The minimum Gasteiger partial charge on any atom is -0.328 e. The smallest absolute Gasteiger partial charge is 0.0524 e. The minimum absolute atomic E-state index is 0.205. The molecule has 0 bridgehead atoms. The van der Waals surface area contributed by atoms with Gasteiger partial charge in [0.2, 0.25) is 0 Å². The van der Waals surface area contributed by atoms with E-state index in [1.54, 1.807) is 0 Å². The van der Waals surface area contributed by atoms with E-state index in [0.717, 1.165) is 12.8 Å². The number of hydrogen-bond acceptors (Lipinski definition) is 2. The molecule has 0 aliphatic rings. The van der Waals surface area contributed by atoms with Gasteiger partial charge in [0.1, 0.15) is 0 Å². The van der Waals surface area contributed by atoms with E-state index in [0.29, 0.717) is 5.92 Å². The molecule has 1 unspecified atom stereocenters. The third-order valence-electron chi connectivity index (χ3n) is 2.29. The van der Waals surface area contributed by atoms with Crippen molar-refractivity contribution in [2.24, 2.45) is 18.7 Å². The third-order valence-corrected chi connectivity index (χ3v) is 2.29. The van der Waals surface area contributed by atoms with Crippen LogP contribution in [0.5, 0.6) is 0 Å². The highest BCUT2D eigenvalue weighted by Crippen LogP contribution is 2.14. The molecule has 1 heterocycles. The maximum atomic E-state index is 5.81. The van der Waals surface area contributed by atoms with Crippen molar-refractivity contribution in [2.75, 3.05) is 0 Å². The molecule has 1 aromatic rings. The van der Waals surface area contributed by atoms with Crippen LogP contribution < -0.4 is 5.73 Å². The van der Waals surface area contributed by atoms with E-state index in [2.05, 4.69) is 18.9 Å². The maximum Gasteiger partial charge on any atom is 0.0524 e. The molecule has 1 rings (SSSR count). The van der Waals surface area contributed by atoms with E-state index in [-0.39, 0.29) is 6.04 Å². The van der Waals surface area contributed by atoms with Gasteiger partial charge < -0.3 is 5.73 Å². The molecular weight excluding hydrogens is 174 g/mol. The van der Waals surface area contributed by atoms with E-state index in [1.807, 2.05) is 24.9 Å². The van der Waals surface area contributed by atoms with Crippen molar-refractivity contribution in [1.29, 1.82) is 0 Å². The molecular formula is C11H21N3. The summed E-state index contributed by atoms with van der Waals surface area (Å²) in [7, 11) is 1.99. The van der Waals surface area contributed by atoms with Crippen molar-refractivity contribution in [3.8, 4) is 0 Å². The van der Waals surface area contributed by atoms with Crippen molar-refractivity contribution in [3.63, 3.8) is 0 Å². The Kier molecular flexibility index (Phi) is 3.69. The minimum atomic E-state index is 0.205. The van der Waals surface area contributed by atoms with E-state index in [1.165, 1.54) is 11.3 Å². The molecule has 1 atom stereocenters. The summed E-state index contributed by atoms with van der Waals surface area (Å²) >= 11 is 0. The Labute approximate surface area is 86.3 Å². The van der Waals surface area contributed by atoms with Crippen molar-refractivity contribution >= 4 is 0 Å². The van der Waals surface area contributed by atoms with Gasteiger partial charge in [0.25, 0.3) is 0 Å². The number of rotatable bonds is 4. The van der Waals surface area contributed by atoms with Gasteiger partial charge in [-0.15, -0.1) is 0 Å². The third kappa shape index (κ3) is 2.84. The molecule has 0 radical (unpaired) electrons. The Morgan fingerprint density at radius 3 is 2.50 bits per heavy atom. The molecule has 2 N–H and O–H groups in total. The zero-order valence-corrected chi connectivity index (χ0v) is 9.62. The molecule has 0 spiro atoms. The predicted octanol–water partition coefficient (Wildman–Crippen LogP) is 1.51. The molecule has 0 amide bonds. The normalized spacial score (nSPS) is 13.6. The highest BCUT2D eigenvalue weighted by Gasteiger charge is 2.11. The lowest BCUT2D eigenvalue weighted by atomic mass is 10.0. The van der Waals surface area contributed by atoms with Crippen LogP contribution in [-0.4, -0.2) is 15.8 Å². The fourth-order valence-corrected chi connectivity index (χ4v) is 1.69. The van der Waals surface area contributed by atoms with Gasteiger partial charge in [-0.25, -0.2) is 0 Å². The summed E-state index contributed by atoms with van der Waals surface area (Å²) in [4.78, 5) is 0. The lowest BCUT2D eigenvalue weighted by Gasteiger charge is -2.10. The van der Waals surface area contributed by atoms with Gasteiger partial charge >= 0.3 is 0 Å². The molecule has 80 valence electrons. The number of nitrogens with two attached hydrogens (primary N) is 1. The van der Waals surface area contributed by atoms with Crippen molar-refractivity contribution in [3.05, 3.63) is 17.5 Å². The lowest BCUT2D eigenvalue weighted by Crippen LogP contribution is -2.20. The zero-order chi connectivity index (χ0) is 10.7. The summed E-state index contributed by atoms with van der Waals surface area (Å²) in [6, 6.07) is 0.205. The van der Waals surface area contributed by atoms with E-state index in [4.69, 9.17) is 5.73 Å². The highest BCUT2D eigenvalue weighted by molar-refractivity contribution is 5.19. The number of aromatic nitrogens is 2. The summed E-state index contributed by atoms with van der Waals surface area (Å²) in [6.45, 7) is 6.48. The van der Waals surface area contributed by atoms with Crippen LogP contribution in [0.4, 0.5) is 0 Å². The standard InChI is InChI=1S/C11H21N3/c1-8(2)5-10-7-13-14(4)11(10)6-9(3)12/h7-9H,5-6,12H2,1-4H3.